The highest BCUT2D eigenvalue weighted by molar-refractivity contribution is 8.13. The molecule has 7 nitrogen and oxygen atoms in total. The van der Waals surface area contributed by atoms with Crippen LogP contribution in [0.2, 0.25) is 0 Å². The first-order chi connectivity index (χ1) is 10.5. The Morgan fingerprint density at radius 3 is 2.73 bits per heavy atom. The van der Waals surface area contributed by atoms with Gasteiger partial charge in [0.05, 0.1) is 23.2 Å². The first kappa shape index (κ1) is 16.0. The van der Waals surface area contributed by atoms with E-state index in [1.807, 2.05) is 6.26 Å². The first-order valence-electron chi connectivity index (χ1n) is 6.40. The van der Waals surface area contributed by atoms with Gasteiger partial charge in [0.1, 0.15) is 6.04 Å². The Hall–Kier alpha value is -2.35. The molecule has 0 amide bonds. The Morgan fingerprint density at radius 1 is 1.45 bits per heavy atom. The van der Waals surface area contributed by atoms with Gasteiger partial charge in [-0.2, -0.15) is 0 Å². The fourth-order valence-corrected chi connectivity index (χ4v) is 2.70. The average Bonchev–Trinajstić information content (AvgIpc) is 2.53. The lowest BCUT2D eigenvalue weighted by atomic mass is 9.95. The zero-order chi connectivity index (χ0) is 16.3. The zero-order valence-corrected chi connectivity index (χ0v) is 13.1. The summed E-state index contributed by atoms with van der Waals surface area (Å²) in [5.74, 6) is -0.558. The molecule has 0 saturated carbocycles. The number of carbonyl (C=O) groups excluding carboxylic acids is 1. The molecule has 8 heteroatoms. The van der Waals surface area contributed by atoms with Gasteiger partial charge in [0, 0.05) is 11.8 Å². The molecule has 0 spiro atoms. The molecule has 1 atom stereocenters. The summed E-state index contributed by atoms with van der Waals surface area (Å²) in [4.78, 5) is 27.3. The minimum atomic E-state index is -0.766. The molecular formula is C14H15N3O4S. The normalized spacial score (nSPS) is 17.6. The van der Waals surface area contributed by atoms with Crippen molar-refractivity contribution in [3.8, 4) is 0 Å². The second-order valence-electron chi connectivity index (χ2n) is 4.51. The highest BCUT2D eigenvalue weighted by atomic mass is 32.2. The minimum Gasteiger partial charge on any atom is -0.466 e. The van der Waals surface area contributed by atoms with Crippen LogP contribution in [0.15, 0.2) is 40.5 Å². The van der Waals surface area contributed by atoms with E-state index >= 15 is 0 Å². The van der Waals surface area contributed by atoms with E-state index in [0.717, 1.165) is 0 Å². The van der Waals surface area contributed by atoms with Crippen LogP contribution < -0.4 is 5.32 Å². The van der Waals surface area contributed by atoms with Gasteiger partial charge in [0.2, 0.25) is 0 Å². The number of para-hydroxylation sites is 1. The number of aliphatic imine (C=N–C) groups is 1. The van der Waals surface area contributed by atoms with E-state index in [1.165, 1.54) is 24.9 Å². The number of thioether (sulfide) groups is 1. The molecule has 1 aliphatic heterocycles. The van der Waals surface area contributed by atoms with Crippen molar-refractivity contribution >= 4 is 28.6 Å². The second kappa shape index (κ2) is 6.61. The molecule has 1 aliphatic rings. The summed E-state index contributed by atoms with van der Waals surface area (Å²) in [6.07, 6.45) is 1.83. The maximum Gasteiger partial charge on any atom is 0.338 e. The molecule has 22 heavy (non-hydrogen) atoms. The van der Waals surface area contributed by atoms with Crippen LogP contribution in [0.5, 0.6) is 0 Å². The van der Waals surface area contributed by atoms with Crippen molar-refractivity contribution in [2.45, 2.75) is 13.0 Å². The molecule has 0 aliphatic carbocycles. The molecule has 1 heterocycles. The van der Waals surface area contributed by atoms with Crippen LogP contribution in [0.1, 0.15) is 18.5 Å². The number of hydrogen-bond donors (Lipinski definition) is 1. The number of nitrogens with zero attached hydrogens (tertiary/aromatic N) is 2. The van der Waals surface area contributed by atoms with Crippen molar-refractivity contribution in [3.05, 3.63) is 51.2 Å². The van der Waals surface area contributed by atoms with Crippen LogP contribution in [0, 0.1) is 10.1 Å². The van der Waals surface area contributed by atoms with Crippen LogP contribution in [-0.4, -0.2) is 29.4 Å². The second-order valence-corrected chi connectivity index (χ2v) is 5.31. The monoisotopic (exact) mass is 321 g/mol. The van der Waals surface area contributed by atoms with E-state index in [2.05, 4.69) is 10.3 Å². The Morgan fingerprint density at radius 2 is 2.14 bits per heavy atom. The smallest absolute Gasteiger partial charge is 0.338 e. The number of allylic oxidation sites excluding steroid dienone is 1. The summed E-state index contributed by atoms with van der Waals surface area (Å²) in [6, 6.07) is 5.50. The molecule has 0 saturated heterocycles. The summed E-state index contributed by atoms with van der Waals surface area (Å²) in [5.41, 5.74) is 1.14. The largest absolute Gasteiger partial charge is 0.466 e. The number of methoxy groups -OCH3 is 1. The van der Waals surface area contributed by atoms with Gasteiger partial charge in [-0.1, -0.05) is 23.9 Å². The van der Waals surface area contributed by atoms with Crippen molar-refractivity contribution in [2.75, 3.05) is 13.4 Å². The lowest BCUT2D eigenvalue weighted by Crippen LogP contribution is -2.30. The number of rotatable bonds is 3. The number of nitro benzene ring substituents is 1. The topological polar surface area (TPSA) is 93.8 Å². The molecular weight excluding hydrogens is 306 g/mol. The maximum atomic E-state index is 12.1. The highest BCUT2D eigenvalue weighted by Crippen LogP contribution is 2.36. The van der Waals surface area contributed by atoms with Gasteiger partial charge in [0.25, 0.3) is 5.69 Å². The third kappa shape index (κ3) is 2.96. The number of nitro groups is 1. The molecule has 1 aromatic rings. The zero-order valence-electron chi connectivity index (χ0n) is 12.3. The molecule has 2 rings (SSSR count). The maximum absolute atomic E-state index is 12.1. The van der Waals surface area contributed by atoms with Crippen LogP contribution in [-0.2, 0) is 9.53 Å². The van der Waals surface area contributed by atoms with Crippen LogP contribution >= 0.6 is 11.8 Å². The average molecular weight is 321 g/mol. The van der Waals surface area contributed by atoms with Gasteiger partial charge >= 0.3 is 5.97 Å². The van der Waals surface area contributed by atoms with Crippen molar-refractivity contribution < 1.29 is 14.5 Å². The third-order valence-electron chi connectivity index (χ3n) is 3.24. The number of hydrogen-bond acceptors (Lipinski definition) is 7. The van der Waals surface area contributed by atoms with E-state index in [0.29, 0.717) is 16.4 Å². The van der Waals surface area contributed by atoms with Crippen molar-refractivity contribution in [1.82, 2.24) is 5.32 Å². The fraction of sp³-hybridized carbons (Fsp3) is 0.286. The van der Waals surface area contributed by atoms with Crippen molar-refractivity contribution in [2.24, 2.45) is 4.99 Å². The number of amidine groups is 1. The molecule has 0 unspecified atom stereocenters. The molecule has 0 bridgehead atoms. The Bertz CT molecular complexity index is 684. The van der Waals surface area contributed by atoms with E-state index in [4.69, 9.17) is 4.74 Å². The number of nitrogens with one attached hydrogen (secondary N) is 1. The quantitative estimate of drug-likeness (QED) is 0.522. The summed E-state index contributed by atoms with van der Waals surface area (Å²) in [5, 5.41) is 14.8. The number of esters is 1. The molecule has 116 valence electrons. The standard InChI is InChI=1S/C14H15N3O4S/c1-8-11(13(18)21-2)12(16-14(15-8)22-3)9-6-4-5-7-10(9)17(19)20/h4-7,12H,1-3H3,(H,15,16)/t12-/m1/s1. The van der Waals surface area contributed by atoms with Gasteiger partial charge in [0.15, 0.2) is 5.17 Å². The Kier molecular flexibility index (Phi) is 4.81. The van der Waals surface area contributed by atoms with Crippen molar-refractivity contribution in [1.29, 1.82) is 0 Å². The summed E-state index contributed by atoms with van der Waals surface area (Å²) < 4.78 is 4.80. The van der Waals surface area contributed by atoms with Gasteiger partial charge < -0.3 is 10.1 Å². The lowest BCUT2D eigenvalue weighted by molar-refractivity contribution is -0.385. The minimum absolute atomic E-state index is 0.0761. The van der Waals surface area contributed by atoms with Crippen LogP contribution in [0.3, 0.4) is 0 Å². The molecule has 1 N–H and O–H groups in total. The van der Waals surface area contributed by atoms with Gasteiger partial charge in [-0.3, -0.25) is 10.1 Å². The molecule has 0 radical (unpaired) electrons. The summed E-state index contributed by atoms with van der Waals surface area (Å²) in [6.45, 7) is 1.72. The van der Waals surface area contributed by atoms with Gasteiger partial charge in [-0.15, -0.1) is 0 Å². The number of carbonyl (C=O) groups is 1. The number of ether oxygens (including phenoxy) is 1. The predicted octanol–water partition coefficient (Wildman–Crippen LogP) is 2.41. The lowest BCUT2D eigenvalue weighted by Gasteiger charge is -2.24. The van der Waals surface area contributed by atoms with E-state index in [1.54, 1.807) is 25.1 Å². The van der Waals surface area contributed by atoms with Crippen molar-refractivity contribution in [3.63, 3.8) is 0 Å². The van der Waals surface area contributed by atoms with Crippen LogP contribution in [0.4, 0.5) is 5.69 Å². The van der Waals surface area contributed by atoms with E-state index < -0.39 is 16.9 Å². The first-order valence-corrected chi connectivity index (χ1v) is 7.63. The fourth-order valence-electron chi connectivity index (χ4n) is 2.24. The number of benzene rings is 1. The molecule has 1 aromatic carbocycles. The van der Waals surface area contributed by atoms with E-state index in [-0.39, 0.29) is 11.3 Å². The highest BCUT2D eigenvalue weighted by Gasteiger charge is 2.33. The third-order valence-corrected chi connectivity index (χ3v) is 3.84. The summed E-state index contributed by atoms with van der Waals surface area (Å²) in [7, 11) is 1.27. The summed E-state index contributed by atoms with van der Waals surface area (Å²) >= 11 is 1.37. The van der Waals surface area contributed by atoms with E-state index in [9.17, 15) is 14.9 Å². The van der Waals surface area contributed by atoms with Gasteiger partial charge in [-0.05, 0) is 19.2 Å². The molecule has 0 aromatic heterocycles. The Labute approximate surface area is 131 Å². The Balaban J connectivity index is 2.62. The van der Waals surface area contributed by atoms with Gasteiger partial charge in [-0.25, -0.2) is 9.79 Å². The predicted molar refractivity (Wildman–Crippen MR) is 84.6 cm³/mol. The van der Waals surface area contributed by atoms with Crippen LogP contribution in [0.25, 0.3) is 0 Å². The SMILES string of the molecule is COC(=O)C1=C(C)NC(SC)=N[C@@H]1c1ccccc1[N+](=O)[O-]. The molecule has 0 fully saturated rings.